The minimum absolute atomic E-state index is 0.00593. The molecule has 0 aromatic heterocycles. The summed E-state index contributed by atoms with van der Waals surface area (Å²) in [4.78, 5) is 14.1. The maximum absolute atomic E-state index is 12.5. The number of anilines is 1. The van der Waals surface area contributed by atoms with E-state index in [1.54, 1.807) is 11.9 Å². The van der Waals surface area contributed by atoms with Crippen molar-refractivity contribution in [3.05, 3.63) is 64.7 Å². The van der Waals surface area contributed by atoms with Crippen LogP contribution in [-0.4, -0.2) is 13.0 Å². The predicted molar refractivity (Wildman–Crippen MR) is 83.0 cm³/mol. The van der Waals surface area contributed by atoms with E-state index in [-0.39, 0.29) is 5.91 Å². The Labute approximate surface area is 120 Å². The summed E-state index contributed by atoms with van der Waals surface area (Å²) in [6.45, 7) is 4.57. The fourth-order valence-electron chi connectivity index (χ4n) is 2.04. The first kappa shape index (κ1) is 14.3. The second kappa shape index (κ2) is 5.88. The van der Waals surface area contributed by atoms with Gasteiger partial charge in [0.15, 0.2) is 0 Å². The monoisotopic (exact) mass is 268 g/mol. The van der Waals surface area contributed by atoms with E-state index in [0.29, 0.717) is 12.1 Å². The predicted octanol–water partition coefficient (Wildman–Crippen LogP) is 3.04. The van der Waals surface area contributed by atoms with Crippen LogP contribution in [0.1, 0.15) is 27.0 Å². The highest BCUT2D eigenvalue weighted by Gasteiger charge is 2.13. The number of carbonyl (C=O) groups excluding carboxylic acids is 1. The summed E-state index contributed by atoms with van der Waals surface area (Å²) >= 11 is 0. The molecule has 0 heterocycles. The molecular formula is C17H20N2O. The third-order valence-corrected chi connectivity index (χ3v) is 3.62. The van der Waals surface area contributed by atoms with Gasteiger partial charge < -0.3 is 10.6 Å². The lowest BCUT2D eigenvalue weighted by atomic mass is 10.1. The topological polar surface area (TPSA) is 46.3 Å². The zero-order valence-corrected chi connectivity index (χ0v) is 12.2. The normalized spacial score (nSPS) is 10.4. The zero-order chi connectivity index (χ0) is 14.7. The molecule has 0 saturated carbocycles. The Morgan fingerprint density at radius 1 is 1.05 bits per heavy atom. The van der Waals surface area contributed by atoms with Crippen LogP contribution in [0.4, 0.5) is 5.69 Å². The van der Waals surface area contributed by atoms with Crippen molar-refractivity contribution >= 4 is 11.6 Å². The minimum atomic E-state index is -0.00593. The maximum Gasteiger partial charge on any atom is 0.258 e. The third-order valence-electron chi connectivity index (χ3n) is 3.62. The van der Waals surface area contributed by atoms with E-state index in [1.165, 1.54) is 5.56 Å². The van der Waals surface area contributed by atoms with Crippen LogP contribution in [-0.2, 0) is 6.54 Å². The number of aryl methyl sites for hydroxylation is 2. The number of hydrogen-bond donors (Lipinski definition) is 1. The SMILES string of the molecule is Cc1ccc(C(=O)N(C)c2ccc(CN)cc2)cc1C. The molecule has 0 atom stereocenters. The van der Waals surface area contributed by atoms with Crippen molar-refractivity contribution in [2.45, 2.75) is 20.4 Å². The standard InChI is InChI=1S/C17H20N2O/c1-12-4-7-15(10-13(12)2)17(20)19(3)16-8-5-14(11-18)6-9-16/h4-10H,11,18H2,1-3H3. The molecule has 0 fully saturated rings. The van der Waals surface area contributed by atoms with Gasteiger partial charge in [0, 0.05) is 24.8 Å². The molecule has 0 aliphatic rings. The van der Waals surface area contributed by atoms with Gasteiger partial charge in [0.2, 0.25) is 0 Å². The number of carbonyl (C=O) groups is 1. The molecule has 0 spiro atoms. The van der Waals surface area contributed by atoms with Crippen LogP contribution in [0.15, 0.2) is 42.5 Å². The molecule has 3 nitrogen and oxygen atoms in total. The molecule has 1 amide bonds. The van der Waals surface area contributed by atoms with Crippen molar-refractivity contribution in [3.8, 4) is 0 Å². The Hall–Kier alpha value is -2.13. The first-order chi connectivity index (χ1) is 9.52. The highest BCUT2D eigenvalue weighted by molar-refractivity contribution is 6.05. The molecule has 0 unspecified atom stereocenters. The van der Waals surface area contributed by atoms with E-state index in [1.807, 2.05) is 56.3 Å². The molecule has 20 heavy (non-hydrogen) atoms. The lowest BCUT2D eigenvalue weighted by Crippen LogP contribution is -2.26. The van der Waals surface area contributed by atoms with Crippen molar-refractivity contribution in [1.82, 2.24) is 0 Å². The van der Waals surface area contributed by atoms with E-state index in [4.69, 9.17) is 5.73 Å². The summed E-state index contributed by atoms with van der Waals surface area (Å²) in [5.74, 6) is -0.00593. The van der Waals surface area contributed by atoms with Crippen molar-refractivity contribution in [3.63, 3.8) is 0 Å². The largest absolute Gasteiger partial charge is 0.326 e. The van der Waals surface area contributed by atoms with Crippen LogP contribution in [0.3, 0.4) is 0 Å². The number of nitrogens with zero attached hydrogens (tertiary/aromatic N) is 1. The summed E-state index contributed by atoms with van der Waals surface area (Å²) in [5, 5.41) is 0. The number of hydrogen-bond acceptors (Lipinski definition) is 2. The second-order valence-corrected chi connectivity index (χ2v) is 5.03. The molecule has 104 valence electrons. The average molecular weight is 268 g/mol. The van der Waals surface area contributed by atoms with Gasteiger partial charge in [-0.25, -0.2) is 0 Å². The molecule has 2 N–H and O–H groups in total. The quantitative estimate of drug-likeness (QED) is 0.930. The van der Waals surface area contributed by atoms with Crippen molar-refractivity contribution in [2.24, 2.45) is 5.73 Å². The molecule has 0 aliphatic carbocycles. The zero-order valence-electron chi connectivity index (χ0n) is 12.2. The van der Waals surface area contributed by atoms with E-state index < -0.39 is 0 Å². The fraction of sp³-hybridized carbons (Fsp3) is 0.235. The Morgan fingerprint density at radius 2 is 1.70 bits per heavy atom. The molecule has 3 heteroatoms. The Kier molecular flexibility index (Phi) is 4.20. The Morgan fingerprint density at radius 3 is 2.25 bits per heavy atom. The van der Waals surface area contributed by atoms with Gasteiger partial charge in [-0.15, -0.1) is 0 Å². The lowest BCUT2D eigenvalue weighted by Gasteiger charge is -2.18. The molecule has 2 aromatic carbocycles. The van der Waals surface area contributed by atoms with Crippen molar-refractivity contribution in [1.29, 1.82) is 0 Å². The fourth-order valence-corrected chi connectivity index (χ4v) is 2.04. The number of benzene rings is 2. The van der Waals surface area contributed by atoms with Crippen LogP contribution in [0.2, 0.25) is 0 Å². The highest BCUT2D eigenvalue weighted by Crippen LogP contribution is 2.18. The molecule has 0 aliphatic heterocycles. The summed E-state index contributed by atoms with van der Waals surface area (Å²) in [6, 6.07) is 13.5. The molecule has 2 rings (SSSR count). The first-order valence-corrected chi connectivity index (χ1v) is 6.67. The van der Waals surface area contributed by atoms with E-state index in [0.717, 1.165) is 16.8 Å². The highest BCUT2D eigenvalue weighted by atomic mass is 16.2. The summed E-state index contributed by atoms with van der Waals surface area (Å²) in [7, 11) is 1.79. The van der Waals surface area contributed by atoms with Gasteiger partial charge in [-0.2, -0.15) is 0 Å². The third kappa shape index (κ3) is 2.89. The van der Waals surface area contributed by atoms with Crippen LogP contribution < -0.4 is 10.6 Å². The van der Waals surface area contributed by atoms with Gasteiger partial charge in [-0.05, 0) is 54.8 Å². The van der Waals surface area contributed by atoms with Gasteiger partial charge >= 0.3 is 0 Å². The summed E-state index contributed by atoms with van der Waals surface area (Å²) in [5.41, 5.74) is 10.5. The number of amides is 1. The maximum atomic E-state index is 12.5. The van der Waals surface area contributed by atoms with Gasteiger partial charge in [-0.3, -0.25) is 4.79 Å². The van der Waals surface area contributed by atoms with E-state index in [2.05, 4.69) is 0 Å². The van der Waals surface area contributed by atoms with Crippen molar-refractivity contribution < 1.29 is 4.79 Å². The van der Waals surface area contributed by atoms with Crippen LogP contribution in [0, 0.1) is 13.8 Å². The molecule has 0 radical (unpaired) electrons. The van der Waals surface area contributed by atoms with Gasteiger partial charge in [-0.1, -0.05) is 18.2 Å². The van der Waals surface area contributed by atoms with Crippen molar-refractivity contribution in [2.75, 3.05) is 11.9 Å². The van der Waals surface area contributed by atoms with E-state index in [9.17, 15) is 4.79 Å². The van der Waals surface area contributed by atoms with Gasteiger partial charge in [0.05, 0.1) is 0 Å². The molecule has 0 saturated heterocycles. The van der Waals surface area contributed by atoms with Gasteiger partial charge in [0.25, 0.3) is 5.91 Å². The first-order valence-electron chi connectivity index (χ1n) is 6.67. The smallest absolute Gasteiger partial charge is 0.258 e. The average Bonchev–Trinajstić information content (AvgIpc) is 2.48. The molecule has 2 aromatic rings. The van der Waals surface area contributed by atoms with Crippen LogP contribution in [0.5, 0.6) is 0 Å². The molecule has 0 bridgehead atoms. The van der Waals surface area contributed by atoms with E-state index >= 15 is 0 Å². The number of nitrogens with two attached hydrogens (primary N) is 1. The Bertz CT molecular complexity index is 617. The van der Waals surface area contributed by atoms with Crippen LogP contribution >= 0.6 is 0 Å². The number of rotatable bonds is 3. The minimum Gasteiger partial charge on any atom is -0.326 e. The lowest BCUT2D eigenvalue weighted by molar-refractivity contribution is 0.0993. The van der Waals surface area contributed by atoms with Crippen LogP contribution in [0.25, 0.3) is 0 Å². The molecular weight excluding hydrogens is 248 g/mol. The van der Waals surface area contributed by atoms with Gasteiger partial charge in [0.1, 0.15) is 0 Å². The Balaban J connectivity index is 2.24. The summed E-state index contributed by atoms with van der Waals surface area (Å²) in [6.07, 6.45) is 0. The second-order valence-electron chi connectivity index (χ2n) is 5.03. The summed E-state index contributed by atoms with van der Waals surface area (Å²) < 4.78 is 0.